The second-order valence-corrected chi connectivity index (χ2v) is 6.85. The highest BCUT2D eigenvalue weighted by Crippen LogP contribution is 2.24. The Morgan fingerprint density at radius 2 is 1.96 bits per heavy atom. The van der Waals surface area contributed by atoms with Gasteiger partial charge in [0.15, 0.2) is 0 Å². The molecule has 0 bridgehead atoms. The molecule has 2 aromatic carbocycles. The fourth-order valence-electron chi connectivity index (χ4n) is 2.37. The van der Waals surface area contributed by atoms with Crippen molar-refractivity contribution in [3.05, 3.63) is 86.6 Å². The van der Waals surface area contributed by atoms with Crippen molar-refractivity contribution in [1.82, 2.24) is 0 Å². The lowest BCUT2D eigenvalue weighted by Gasteiger charge is -2.11. The summed E-state index contributed by atoms with van der Waals surface area (Å²) in [5.74, 6) is -0.961. The highest BCUT2D eigenvalue weighted by Gasteiger charge is 2.17. The predicted molar refractivity (Wildman–Crippen MR) is 104 cm³/mol. The summed E-state index contributed by atoms with van der Waals surface area (Å²) in [6, 6.07) is 16.9. The maximum atomic E-state index is 12.5. The number of ether oxygens (including phenoxy) is 1. The topological polar surface area (TPSA) is 79.2 Å². The molecule has 5 nitrogen and oxygen atoms in total. The first-order chi connectivity index (χ1) is 13.1. The van der Waals surface area contributed by atoms with Crippen LogP contribution in [0.4, 0.5) is 5.69 Å². The zero-order chi connectivity index (χ0) is 19.2. The summed E-state index contributed by atoms with van der Waals surface area (Å²) in [7, 11) is 0. The fraction of sp³-hybridized carbons (Fsp3) is 0.0500. The minimum atomic E-state index is -0.624. The van der Waals surface area contributed by atoms with E-state index < -0.39 is 5.97 Å². The number of halogens is 1. The second kappa shape index (κ2) is 8.49. The molecule has 27 heavy (non-hydrogen) atoms. The largest absolute Gasteiger partial charge is 0.457 e. The third-order valence-electron chi connectivity index (χ3n) is 3.69. The van der Waals surface area contributed by atoms with Crippen LogP contribution in [0.5, 0.6) is 0 Å². The van der Waals surface area contributed by atoms with E-state index >= 15 is 0 Å². The van der Waals surface area contributed by atoms with Gasteiger partial charge in [0, 0.05) is 10.6 Å². The summed E-state index contributed by atoms with van der Waals surface area (Å²) in [4.78, 5) is 25.3. The van der Waals surface area contributed by atoms with Gasteiger partial charge >= 0.3 is 5.97 Å². The zero-order valence-corrected chi connectivity index (χ0v) is 15.5. The molecule has 1 N–H and O–H groups in total. The number of thiophene rings is 1. The summed E-state index contributed by atoms with van der Waals surface area (Å²) in [5.41, 5.74) is 1.48. The molecule has 3 rings (SSSR count). The van der Waals surface area contributed by atoms with Gasteiger partial charge in [-0.15, -0.1) is 11.3 Å². The molecule has 1 amide bonds. The molecule has 0 saturated carbocycles. The number of carbonyl (C=O) groups excluding carboxylic acids is 2. The first kappa shape index (κ1) is 18.6. The minimum absolute atomic E-state index is 0.0521. The van der Waals surface area contributed by atoms with Gasteiger partial charge in [0.2, 0.25) is 0 Å². The van der Waals surface area contributed by atoms with Crippen molar-refractivity contribution in [2.24, 2.45) is 0 Å². The number of amides is 1. The smallest absolute Gasteiger partial charge is 0.340 e. The van der Waals surface area contributed by atoms with Crippen molar-refractivity contribution in [3.63, 3.8) is 0 Å². The Labute approximate surface area is 164 Å². The quantitative estimate of drug-likeness (QED) is 0.623. The number of anilines is 1. The molecule has 0 fully saturated rings. The summed E-state index contributed by atoms with van der Waals surface area (Å²) in [6.07, 6.45) is 0. The van der Waals surface area contributed by atoms with E-state index in [-0.39, 0.29) is 23.8 Å². The highest BCUT2D eigenvalue weighted by molar-refractivity contribution is 7.12. The molecule has 7 heteroatoms. The molecular weight excluding hydrogens is 384 g/mol. The molecule has 0 saturated heterocycles. The van der Waals surface area contributed by atoms with Crippen LogP contribution < -0.4 is 5.32 Å². The van der Waals surface area contributed by atoms with E-state index in [0.717, 1.165) is 0 Å². The summed E-state index contributed by atoms with van der Waals surface area (Å²) < 4.78 is 5.33. The van der Waals surface area contributed by atoms with Crippen LogP contribution in [0.3, 0.4) is 0 Å². The highest BCUT2D eigenvalue weighted by atomic mass is 35.5. The lowest BCUT2D eigenvalue weighted by molar-refractivity contribution is 0.0473. The molecule has 0 radical (unpaired) electrons. The van der Waals surface area contributed by atoms with Crippen molar-refractivity contribution in [2.45, 2.75) is 6.61 Å². The van der Waals surface area contributed by atoms with Crippen LogP contribution in [0.2, 0.25) is 5.02 Å². The molecule has 1 aromatic heterocycles. The van der Waals surface area contributed by atoms with Crippen molar-refractivity contribution >= 4 is 40.5 Å². The first-order valence-electron chi connectivity index (χ1n) is 7.88. The Bertz CT molecular complexity index is 1030. The number of nitrogens with one attached hydrogen (secondary N) is 1. The van der Waals surface area contributed by atoms with Crippen LogP contribution in [-0.2, 0) is 11.3 Å². The normalized spacial score (nSPS) is 10.1. The molecule has 1 heterocycles. The van der Waals surface area contributed by atoms with Crippen LogP contribution >= 0.6 is 22.9 Å². The number of esters is 1. The van der Waals surface area contributed by atoms with Gasteiger partial charge in [-0.3, -0.25) is 4.79 Å². The van der Waals surface area contributed by atoms with Crippen molar-refractivity contribution in [1.29, 1.82) is 5.26 Å². The van der Waals surface area contributed by atoms with Crippen molar-refractivity contribution < 1.29 is 14.3 Å². The number of nitrogens with zero attached hydrogens (tertiary/aromatic N) is 1. The van der Waals surface area contributed by atoms with E-state index in [1.165, 1.54) is 23.5 Å². The fourth-order valence-corrected chi connectivity index (χ4v) is 3.16. The molecule has 0 atom stereocenters. The van der Waals surface area contributed by atoms with Crippen LogP contribution in [-0.4, -0.2) is 11.9 Å². The third-order valence-corrected chi connectivity index (χ3v) is 4.80. The number of carbonyl (C=O) groups is 2. The van der Waals surface area contributed by atoms with E-state index in [4.69, 9.17) is 21.6 Å². The number of nitriles is 1. The average Bonchev–Trinajstić information content (AvgIpc) is 3.21. The van der Waals surface area contributed by atoms with Gasteiger partial charge in [-0.05, 0) is 35.7 Å². The van der Waals surface area contributed by atoms with Gasteiger partial charge in [0.25, 0.3) is 5.91 Å². The number of hydrogen-bond donors (Lipinski definition) is 1. The average molecular weight is 397 g/mol. The van der Waals surface area contributed by atoms with E-state index in [2.05, 4.69) is 11.4 Å². The first-order valence-corrected chi connectivity index (χ1v) is 9.14. The Balaban J connectivity index is 1.78. The van der Waals surface area contributed by atoms with E-state index in [0.29, 0.717) is 21.0 Å². The Kier molecular flexibility index (Phi) is 5.87. The Hall–Kier alpha value is -3.14. The van der Waals surface area contributed by atoms with Crippen LogP contribution in [0.25, 0.3) is 0 Å². The number of benzene rings is 2. The molecule has 0 aliphatic rings. The SMILES string of the molecule is N#Cc1ccccc1COC(=O)c1ccc(Cl)cc1NC(=O)c1cccs1. The molecule has 0 spiro atoms. The van der Waals surface area contributed by atoms with Gasteiger partial charge in [0.1, 0.15) is 6.61 Å². The molecule has 0 unspecified atom stereocenters. The lowest BCUT2D eigenvalue weighted by Crippen LogP contribution is -2.15. The van der Waals surface area contributed by atoms with E-state index in [9.17, 15) is 9.59 Å². The molecule has 3 aromatic rings. The Morgan fingerprint density at radius 3 is 2.70 bits per heavy atom. The van der Waals surface area contributed by atoms with Gasteiger partial charge in [-0.1, -0.05) is 35.9 Å². The second-order valence-electron chi connectivity index (χ2n) is 5.47. The number of hydrogen-bond acceptors (Lipinski definition) is 5. The minimum Gasteiger partial charge on any atom is -0.457 e. The van der Waals surface area contributed by atoms with Crippen LogP contribution in [0.15, 0.2) is 60.0 Å². The lowest BCUT2D eigenvalue weighted by atomic mass is 10.1. The standard InChI is InChI=1S/C20H13ClN2O3S/c21-15-7-8-16(17(10-15)23-19(24)18-6-3-9-27-18)20(25)26-12-14-5-2-1-4-13(14)11-22/h1-10H,12H2,(H,23,24). The van der Waals surface area contributed by atoms with E-state index in [1.807, 2.05) is 0 Å². The van der Waals surface area contributed by atoms with Gasteiger partial charge in [0.05, 0.1) is 27.8 Å². The molecule has 0 aliphatic heterocycles. The number of rotatable bonds is 5. The summed E-state index contributed by atoms with van der Waals surface area (Å²) >= 11 is 7.29. The van der Waals surface area contributed by atoms with Gasteiger partial charge in [-0.25, -0.2) is 4.79 Å². The molecule has 0 aliphatic carbocycles. The predicted octanol–water partition coefficient (Wildman–Crippen LogP) is 4.88. The van der Waals surface area contributed by atoms with Gasteiger partial charge < -0.3 is 10.1 Å². The maximum absolute atomic E-state index is 12.5. The molecule has 134 valence electrons. The summed E-state index contributed by atoms with van der Waals surface area (Å²) in [6.45, 7) is -0.0521. The van der Waals surface area contributed by atoms with Crippen molar-refractivity contribution in [2.75, 3.05) is 5.32 Å². The Morgan fingerprint density at radius 1 is 1.15 bits per heavy atom. The third kappa shape index (κ3) is 4.53. The van der Waals surface area contributed by atoms with Crippen molar-refractivity contribution in [3.8, 4) is 6.07 Å². The van der Waals surface area contributed by atoms with Gasteiger partial charge in [-0.2, -0.15) is 5.26 Å². The van der Waals surface area contributed by atoms with Crippen LogP contribution in [0, 0.1) is 11.3 Å². The van der Waals surface area contributed by atoms with E-state index in [1.54, 1.807) is 47.8 Å². The van der Waals surface area contributed by atoms with Crippen LogP contribution in [0.1, 0.15) is 31.2 Å². The summed E-state index contributed by atoms with van der Waals surface area (Å²) in [5, 5.41) is 14.0. The molecular formula is C20H13ClN2O3S. The zero-order valence-electron chi connectivity index (χ0n) is 13.9. The monoisotopic (exact) mass is 396 g/mol. The maximum Gasteiger partial charge on any atom is 0.340 e.